The van der Waals surface area contributed by atoms with Gasteiger partial charge in [-0.05, 0) is 48.9 Å². The highest BCUT2D eigenvalue weighted by Crippen LogP contribution is 2.27. The number of carbonyl (C=O) groups excluding carboxylic acids is 1. The number of sulfonamides is 1. The van der Waals surface area contributed by atoms with Crippen molar-refractivity contribution in [3.05, 3.63) is 83.7 Å². The Kier molecular flexibility index (Phi) is 6.28. The summed E-state index contributed by atoms with van der Waals surface area (Å²) in [5.41, 5.74) is 1.09. The van der Waals surface area contributed by atoms with Crippen LogP contribution >= 0.6 is 0 Å². The van der Waals surface area contributed by atoms with Crippen LogP contribution in [0.3, 0.4) is 0 Å². The minimum atomic E-state index is -4.14. The van der Waals surface area contributed by atoms with Crippen LogP contribution in [0.4, 0.5) is 16.0 Å². The summed E-state index contributed by atoms with van der Waals surface area (Å²) in [5.74, 6) is -0.358. The lowest BCUT2D eigenvalue weighted by Gasteiger charge is -2.11. The van der Waals surface area contributed by atoms with Crippen molar-refractivity contribution in [1.29, 1.82) is 0 Å². The average Bonchev–Trinajstić information content (AvgIpc) is 3.28. The van der Waals surface area contributed by atoms with E-state index in [1.807, 2.05) is 12.1 Å². The highest BCUT2D eigenvalue weighted by molar-refractivity contribution is 7.92. The molecule has 0 aliphatic rings. The number of aryl methyl sites for hydroxylation is 1. The molecule has 34 heavy (non-hydrogen) atoms. The second kappa shape index (κ2) is 9.32. The van der Waals surface area contributed by atoms with Crippen molar-refractivity contribution in [2.45, 2.75) is 11.8 Å². The molecule has 0 saturated heterocycles. The van der Waals surface area contributed by atoms with E-state index < -0.39 is 21.7 Å². The van der Waals surface area contributed by atoms with Gasteiger partial charge in [-0.2, -0.15) is 4.98 Å². The van der Waals surface area contributed by atoms with Gasteiger partial charge in [0.05, 0.1) is 23.3 Å². The summed E-state index contributed by atoms with van der Waals surface area (Å²) in [6.45, 7) is 1.66. The van der Waals surface area contributed by atoms with Crippen molar-refractivity contribution in [2.24, 2.45) is 0 Å². The molecule has 0 spiro atoms. The fraction of sp³-hybridized carbons (Fsp3) is 0.0870. The minimum Gasteiger partial charge on any atom is -0.496 e. The molecule has 4 aromatic rings. The van der Waals surface area contributed by atoms with Gasteiger partial charge in [0.15, 0.2) is 5.82 Å². The van der Waals surface area contributed by atoms with Gasteiger partial charge >= 0.3 is 0 Å². The fourth-order valence-electron chi connectivity index (χ4n) is 3.21. The van der Waals surface area contributed by atoms with Crippen LogP contribution in [-0.2, 0) is 10.0 Å². The Labute approximate surface area is 195 Å². The van der Waals surface area contributed by atoms with Gasteiger partial charge in [0.1, 0.15) is 11.6 Å². The van der Waals surface area contributed by atoms with Gasteiger partial charge in [0.2, 0.25) is 5.95 Å². The number of methoxy groups -OCH3 is 1. The summed E-state index contributed by atoms with van der Waals surface area (Å²) in [5, 5.41) is 9.30. The molecule has 0 radical (unpaired) electrons. The first-order chi connectivity index (χ1) is 16.3. The first kappa shape index (κ1) is 22.9. The molecule has 11 heteroatoms. The maximum atomic E-state index is 13.9. The average molecular weight is 482 g/mol. The maximum absolute atomic E-state index is 13.9. The first-order valence-electron chi connectivity index (χ1n) is 10.0. The van der Waals surface area contributed by atoms with Crippen LogP contribution in [0.25, 0.3) is 11.4 Å². The Balaban J connectivity index is 1.57. The van der Waals surface area contributed by atoms with Gasteiger partial charge in [-0.15, -0.1) is 5.10 Å². The van der Waals surface area contributed by atoms with E-state index in [9.17, 15) is 17.6 Å². The Hall–Kier alpha value is -4.25. The third-order valence-corrected chi connectivity index (χ3v) is 6.32. The highest BCUT2D eigenvalue weighted by Gasteiger charge is 2.20. The molecule has 0 aliphatic carbocycles. The van der Waals surface area contributed by atoms with Gasteiger partial charge in [-0.25, -0.2) is 12.8 Å². The van der Waals surface area contributed by atoms with Crippen LogP contribution in [0.1, 0.15) is 15.9 Å². The number of aromatic nitrogens is 3. The molecule has 0 saturated carbocycles. The quantitative estimate of drug-likeness (QED) is 0.367. The molecule has 0 atom stereocenters. The summed E-state index contributed by atoms with van der Waals surface area (Å²) < 4.78 is 46.9. The Morgan fingerprint density at radius 3 is 2.56 bits per heavy atom. The van der Waals surface area contributed by atoms with Gasteiger partial charge in [0.25, 0.3) is 15.9 Å². The number of rotatable bonds is 7. The minimum absolute atomic E-state index is 0.00282. The summed E-state index contributed by atoms with van der Waals surface area (Å²) >= 11 is 0. The summed E-state index contributed by atoms with van der Waals surface area (Å²) in [4.78, 5) is 17.0. The van der Waals surface area contributed by atoms with E-state index in [1.54, 1.807) is 19.1 Å². The number of para-hydroxylation sites is 2. The van der Waals surface area contributed by atoms with Crippen LogP contribution < -0.4 is 14.8 Å². The Morgan fingerprint density at radius 2 is 1.79 bits per heavy atom. The molecule has 0 unspecified atom stereocenters. The lowest BCUT2D eigenvalue weighted by atomic mass is 10.1. The number of nitrogens with zero attached hydrogens (tertiary/aromatic N) is 2. The molecule has 0 fully saturated rings. The molecule has 0 aliphatic heterocycles. The molecule has 3 aromatic carbocycles. The van der Waals surface area contributed by atoms with Crippen molar-refractivity contribution >= 4 is 27.6 Å². The number of anilines is 2. The molecular formula is C23H20FN5O4S. The lowest BCUT2D eigenvalue weighted by Crippen LogP contribution is -2.18. The lowest BCUT2D eigenvalue weighted by molar-refractivity contribution is 0.102. The summed E-state index contributed by atoms with van der Waals surface area (Å²) in [7, 11) is -2.61. The third kappa shape index (κ3) is 4.74. The van der Waals surface area contributed by atoms with Crippen LogP contribution in [0.15, 0.2) is 71.6 Å². The van der Waals surface area contributed by atoms with Crippen LogP contribution in [0.5, 0.6) is 5.75 Å². The second-order valence-electron chi connectivity index (χ2n) is 7.22. The number of hydrogen-bond donors (Lipinski definition) is 3. The van der Waals surface area contributed by atoms with E-state index in [0.29, 0.717) is 22.7 Å². The Morgan fingerprint density at radius 1 is 1.06 bits per heavy atom. The summed E-state index contributed by atoms with van der Waals surface area (Å²) in [6, 6.07) is 16.6. The SMILES string of the molecule is COc1ccccc1-c1nc(NC(=O)c2cc(S(=O)(=O)Nc3ccccc3F)ccc2C)n[nH]1. The molecule has 1 heterocycles. The van der Waals surface area contributed by atoms with E-state index in [2.05, 4.69) is 25.2 Å². The maximum Gasteiger partial charge on any atom is 0.262 e. The van der Waals surface area contributed by atoms with Crippen LogP contribution in [0.2, 0.25) is 0 Å². The second-order valence-corrected chi connectivity index (χ2v) is 8.91. The number of amides is 1. The largest absolute Gasteiger partial charge is 0.496 e. The molecule has 0 bridgehead atoms. The van der Waals surface area contributed by atoms with Crippen molar-refractivity contribution in [1.82, 2.24) is 15.2 Å². The molecule has 174 valence electrons. The van der Waals surface area contributed by atoms with Crippen molar-refractivity contribution in [2.75, 3.05) is 17.1 Å². The van der Waals surface area contributed by atoms with Crippen molar-refractivity contribution in [3.63, 3.8) is 0 Å². The number of hydrogen-bond acceptors (Lipinski definition) is 6. The number of ether oxygens (including phenoxy) is 1. The van der Waals surface area contributed by atoms with E-state index in [4.69, 9.17) is 4.74 Å². The number of aromatic amines is 1. The highest BCUT2D eigenvalue weighted by atomic mass is 32.2. The number of carbonyl (C=O) groups is 1. The van der Waals surface area contributed by atoms with E-state index in [-0.39, 0.29) is 22.1 Å². The monoisotopic (exact) mass is 481 g/mol. The van der Waals surface area contributed by atoms with Gasteiger partial charge in [-0.3, -0.25) is 19.9 Å². The number of H-pyrrole nitrogens is 1. The zero-order valence-corrected chi connectivity index (χ0v) is 19.0. The topological polar surface area (TPSA) is 126 Å². The first-order valence-corrected chi connectivity index (χ1v) is 11.5. The van der Waals surface area contributed by atoms with Gasteiger partial charge in [0, 0.05) is 5.56 Å². The summed E-state index contributed by atoms with van der Waals surface area (Å²) in [6.07, 6.45) is 0. The van der Waals surface area contributed by atoms with Gasteiger partial charge < -0.3 is 4.74 Å². The number of nitrogens with one attached hydrogen (secondary N) is 3. The number of benzene rings is 3. The third-order valence-electron chi connectivity index (χ3n) is 4.95. The van der Waals surface area contributed by atoms with Crippen LogP contribution in [0, 0.1) is 12.7 Å². The van der Waals surface area contributed by atoms with E-state index in [1.165, 1.54) is 43.5 Å². The molecule has 3 N–H and O–H groups in total. The fourth-order valence-corrected chi connectivity index (χ4v) is 4.30. The normalized spacial score (nSPS) is 11.1. The zero-order valence-electron chi connectivity index (χ0n) is 18.2. The van der Waals surface area contributed by atoms with Crippen molar-refractivity contribution in [3.8, 4) is 17.1 Å². The number of halogens is 1. The molecular weight excluding hydrogens is 461 g/mol. The molecule has 4 rings (SSSR count). The predicted molar refractivity (Wildman–Crippen MR) is 125 cm³/mol. The molecule has 1 aromatic heterocycles. The molecule has 9 nitrogen and oxygen atoms in total. The van der Waals surface area contributed by atoms with E-state index >= 15 is 0 Å². The van der Waals surface area contributed by atoms with Gasteiger partial charge in [-0.1, -0.05) is 30.3 Å². The van der Waals surface area contributed by atoms with E-state index in [0.717, 1.165) is 6.07 Å². The predicted octanol–water partition coefficient (Wildman–Crippen LogP) is 3.98. The standard InChI is InChI=1S/C23H20FN5O4S/c1-14-11-12-15(34(31,32)29-19-9-5-4-8-18(19)24)13-17(14)22(30)26-23-25-21(27-28-23)16-7-3-6-10-20(16)33-2/h3-13,29H,1-2H3,(H2,25,26,27,28,30). The Bertz CT molecular complexity index is 1470. The molecule has 1 amide bonds. The smallest absolute Gasteiger partial charge is 0.262 e. The van der Waals surface area contributed by atoms with Crippen LogP contribution in [-0.4, -0.2) is 36.6 Å². The zero-order chi connectivity index (χ0) is 24.3. The van der Waals surface area contributed by atoms with Crippen molar-refractivity contribution < 1.29 is 22.3 Å².